The fourth-order valence-electron chi connectivity index (χ4n) is 3.90. The van der Waals surface area contributed by atoms with Gasteiger partial charge in [-0.3, -0.25) is 0 Å². The third kappa shape index (κ3) is 2.71. The van der Waals surface area contributed by atoms with Crippen LogP contribution in [0.25, 0.3) is 38.6 Å². The van der Waals surface area contributed by atoms with Crippen LogP contribution < -0.4 is 5.46 Å². The maximum atomic E-state index is 9.49. The number of hydrogen-bond acceptors (Lipinski definition) is 2. The van der Waals surface area contributed by atoms with Gasteiger partial charge >= 0.3 is 7.12 Å². The quantitative estimate of drug-likeness (QED) is 0.474. The van der Waals surface area contributed by atoms with Gasteiger partial charge in [-0.2, -0.15) is 0 Å². The predicted molar refractivity (Wildman–Crippen MR) is 116 cm³/mol. The summed E-state index contributed by atoms with van der Waals surface area (Å²) in [6.45, 7) is 0. The summed E-state index contributed by atoms with van der Waals surface area (Å²) in [7, 11) is -1.47. The Kier molecular flexibility index (Phi) is 4.01. The SMILES string of the molecule is OB(O)c1cccc(-c2cccc(-n3c4ccccc4c4ccccc43)c2)c1. The van der Waals surface area contributed by atoms with Gasteiger partial charge in [0.2, 0.25) is 0 Å². The van der Waals surface area contributed by atoms with Crippen molar-refractivity contribution in [2.75, 3.05) is 0 Å². The molecule has 0 atom stereocenters. The summed E-state index contributed by atoms with van der Waals surface area (Å²) >= 11 is 0. The Balaban J connectivity index is 1.73. The molecule has 0 aliphatic heterocycles. The molecule has 134 valence electrons. The molecule has 0 bridgehead atoms. The van der Waals surface area contributed by atoms with Gasteiger partial charge in [0.15, 0.2) is 0 Å². The van der Waals surface area contributed by atoms with E-state index in [9.17, 15) is 10.0 Å². The Bertz CT molecular complexity index is 1250. The lowest BCUT2D eigenvalue weighted by Crippen LogP contribution is -2.29. The van der Waals surface area contributed by atoms with Crippen molar-refractivity contribution < 1.29 is 10.0 Å². The van der Waals surface area contributed by atoms with Gasteiger partial charge in [-0.1, -0.05) is 72.8 Å². The van der Waals surface area contributed by atoms with E-state index < -0.39 is 7.12 Å². The van der Waals surface area contributed by atoms with E-state index in [-0.39, 0.29) is 0 Å². The molecular formula is C24H18BNO2. The fraction of sp³-hybridized carbons (Fsp3) is 0. The van der Waals surface area contributed by atoms with E-state index in [1.807, 2.05) is 30.3 Å². The monoisotopic (exact) mass is 363 g/mol. The first-order valence-corrected chi connectivity index (χ1v) is 9.27. The Labute approximate surface area is 163 Å². The first-order chi connectivity index (χ1) is 13.7. The van der Waals surface area contributed by atoms with Gasteiger partial charge in [0.05, 0.1) is 11.0 Å². The summed E-state index contributed by atoms with van der Waals surface area (Å²) in [5, 5.41) is 21.4. The van der Waals surface area contributed by atoms with Crippen LogP contribution in [0.4, 0.5) is 0 Å². The van der Waals surface area contributed by atoms with Crippen LogP contribution in [-0.2, 0) is 0 Å². The van der Waals surface area contributed by atoms with E-state index in [1.54, 1.807) is 6.07 Å². The highest BCUT2D eigenvalue weighted by molar-refractivity contribution is 6.58. The number of hydrogen-bond donors (Lipinski definition) is 2. The maximum absolute atomic E-state index is 9.49. The van der Waals surface area contributed by atoms with Crippen LogP contribution in [0.1, 0.15) is 0 Å². The highest BCUT2D eigenvalue weighted by Gasteiger charge is 2.13. The number of fused-ring (bicyclic) bond motifs is 3. The van der Waals surface area contributed by atoms with Gasteiger partial charge in [0.1, 0.15) is 0 Å². The van der Waals surface area contributed by atoms with Crippen LogP contribution in [0.3, 0.4) is 0 Å². The smallest absolute Gasteiger partial charge is 0.423 e. The van der Waals surface area contributed by atoms with E-state index in [0.29, 0.717) is 5.46 Å². The van der Waals surface area contributed by atoms with Crippen molar-refractivity contribution in [3.63, 3.8) is 0 Å². The Hall–Kier alpha value is -3.34. The Morgan fingerprint density at radius 1 is 0.571 bits per heavy atom. The van der Waals surface area contributed by atoms with Gasteiger partial charge in [-0.05, 0) is 40.9 Å². The molecular weight excluding hydrogens is 345 g/mol. The highest BCUT2D eigenvalue weighted by atomic mass is 16.4. The minimum absolute atomic E-state index is 0.486. The van der Waals surface area contributed by atoms with Crippen LogP contribution in [0.2, 0.25) is 0 Å². The first-order valence-electron chi connectivity index (χ1n) is 9.27. The van der Waals surface area contributed by atoms with Crippen LogP contribution >= 0.6 is 0 Å². The van der Waals surface area contributed by atoms with Crippen molar-refractivity contribution >= 4 is 34.4 Å². The summed E-state index contributed by atoms with van der Waals surface area (Å²) in [5.41, 5.74) is 5.88. The molecule has 0 saturated heterocycles. The summed E-state index contributed by atoms with van der Waals surface area (Å²) in [6, 6.07) is 32.5. The Morgan fingerprint density at radius 2 is 1.14 bits per heavy atom. The average Bonchev–Trinajstić information content (AvgIpc) is 3.08. The fourth-order valence-corrected chi connectivity index (χ4v) is 3.90. The van der Waals surface area contributed by atoms with Crippen LogP contribution in [-0.4, -0.2) is 21.7 Å². The molecule has 0 aliphatic rings. The third-order valence-corrected chi connectivity index (χ3v) is 5.20. The largest absolute Gasteiger partial charge is 0.488 e. The normalized spacial score (nSPS) is 11.2. The standard InChI is InChI=1S/C24H18BNO2/c27-25(28)19-9-5-7-17(15-19)18-8-6-10-20(16-18)26-23-13-3-1-11-21(23)22-12-2-4-14-24(22)26/h1-16,27-28H. The number of benzene rings is 4. The minimum Gasteiger partial charge on any atom is -0.423 e. The van der Waals surface area contributed by atoms with Gasteiger partial charge in [-0.15, -0.1) is 0 Å². The van der Waals surface area contributed by atoms with Crippen molar-refractivity contribution in [3.05, 3.63) is 97.1 Å². The molecule has 0 spiro atoms. The maximum Gasteiger partial charge on any atom is 0.488 e. The van der Waals surface area contributed by atoms with E-state index in [1.165, 1.54) is 21.8 Å². The van der Waals surface area contributed by atoms with Crippen molar-refractivity contribution in [2.45, 2.75) is 0 Å². The summed E-state index contributed by atoms with van der Waals surface area (Å²) in [6.07, 6.45) is 0. The highest BCUT2D eigenvalue weighted by Crippen LogP contribution is 2.32. The molecule has 1 aromatic heterocycles. The second-order valence-corrected chi connectivity index (χ2v) is 6.92. The topological polar surface area (TPSA) is 45.4 Å². The molecule has 1 heterocycles. The molecule has 5 aromatic rings. The van der Waals surface area contributed by atoms with Crippen LogP contribution in [0.5, 0.6) is 0 Å². The molecule has 3 nitrogen and oxygen atoms in total. The molecule has 5 rings (SSSR count). The summed E-state index contributed by atoms with van der Waals surface area (Å²) in [4.78, 5) is 0. The van der Waals surface area contributed by atoms with E-state index in [2.05, 4.69) is 65.2 Å². The second-order valence-electron chi connectivity index (χ2n) is 6.92. The third-order valence-electron chi connectivity index (χ3n) is 5.20. The predicted octanol–water partition coefficient (Wildman–Crippen LogP) is 4.13. The van der Waals surface area contributed by atoms with Gasteiger partial charge in [0.25, 0.3) is 0 Å². The summed E-state index contributed by atoms with van der Waals surface area (Å²) < 4.78 is 2.28. The number of aromatic nitrogens is 1. The van der Waals surface area contributed by atoms with Gasteiger partial charge in [-0.25, -0.2) is 0 Å². The zero-order chi connectivity index (χ0) is 19.1. The Morgan fingerprint density at radius 3 is 1.79 bits per heavy atom. The molecule has 0 amide bonds. The zero-order valence-electron chi connectivity index (χ0n) is 15.2. The number of nitrogens with zero attached hydrogens (tertiary/aromatic N) is 1. The molecule has 0 radical (unpaired) electrons. The number of rotatable bonds is 3. The lowest BCUT2D eigenvalue weighted by molar-refractivity contribution is 0.426. The molecule has 4 heteroatoms. The van der Waals surface area contributed by atoms with Crippen LogP contribution in [0.15, 0.2) is 97.1 Å². The van der Waals surface area contributed by atoms with E-state index in [0.717, 1.165) is 16.8 Å². The molecule has 4 aromatic carbocycles. The molecule has 0 fully saturated rings. The lowest BCUT2D eigenvalue weighted by Gasteiger charge is -2.11. The van der Waals surface area contributed by atoms with E-state index in [4.69, 9.17) is 0 Å². The van der Waals surface area contributed by atoms with E-state index >= 15 is 0 Å². The molecule has 0 unspecified atom stereocenters. The van der Waals surface area contributed by atoms with Crippen molar-refractivity contribution in [1.29, 1.82) is 0 Å². The van der Waals surface area contributed by atoms with Gasteiger partial charge in [0, 0.05) is 16.5 Å². The zero-order valence-corrected chi connectivity index (χ0v) is 15.2. The van der Waals surface area contributed by atoms with Crippen LogP contribution in [0, 0.1) is 0 Å². The second kappa shape index (κ2) is 6.68. The molecule has 2 N–H and O–H groups in total. The van der Waals surface area contributed by atoms with Crippen molar-refractivity contribution in [2.24, 2.45) is 0 Å². The average molecular weight is 363 g/mol. The number of para-hydroxylation sites is 2. The first kappa shape index (κ1) is 16.8. The van der Waals surface area contributed by atoms with Crippen molar-refractivity contribution in [1.82, 2.24) is 4.57 Å². The lowest BCUT2D eigenvalue weighted by atomic mass is 9.79. The molecule has 0 aliphatic carbocycles. The minimum atomic E-state index is -1.47. The molecule has 0 saturated carbocycles. The van der Waals surface area contributed by atoms with Gasteiger partial charge < -0.3 is 14.6 Å². The molecule has 28 heavy (non-hydrogen) atoms. The summed E-state index contributed by atoms with van der Waals surface area (Å²) in [5.74, 6) is 0. The van der Waals surface area contributed by atoms with Crippen molar-refractivity contribution in [3.8, 4) is 16.8 Å².